The third-order valence-corrected chi connectivity index (χ3v) is 8.41. The number of Topliss-reactive ketones (excluding diaryl/α,β-unsaturated/α-hetero) is 1. The smallest absolute Gasteiger partial charge is 0.278 e. The van der Waals surface area contributed by atoms with E-state index in [4.69, 9.17) is 11.6 Å². The fourth-order valence-corrected chi connectivity index (χ4v) is 6.08. The van der Waals surface area contributed by atoms with Gasteiger partial charge in [-0.25, -0.2) is 4.90 Å². The first-order valence-corrected chi connectivity index (χ1v) is 14.8. The summed E-state index contributed by atoms with van der Waals surface area (Å²) in [5.74, 6) is 1.10. The van der Waals surface area contributed by atoms with Crippen LogP contribution in [0.1, 0.15) is 121 Å². The van der Waals surface area contributed by atoms with Crippen molar-refractivity contribution in [2.24, 2.45) is 0 Å². The van der Waals surface area contributed by atoms with Crippen molar-refractivity contribution < 1.29 is 14.5 Å². The van der Waals surface area contributed by atoms with Crippen LogP contribution in [0.3, 0.4) is 0 Å². The summed E-state index contributed by atoms with van der Waals surface area (Å²) in [7, 11) is 0. The van der Waals surface area contributed by atoms with Crippen LogP contribution >= 0.6 is 11.6 Å². The SMILES string of the molecule is CCCCCCCCCCCCCCC1(O)C(C)=C(C)C2=[N+](CC(=O)c3cccc(Cl)c3)CCCN21. The lowest BCUT2D eigenvalue weighted by molar-refractivity contribution is -0.526. The number of benzene rings is 1. The van der Waals surface area contributed by atoms with E-state index in [1.54, 1.807) is 12.1 Å². The lowest BCUT2D eigenvalue weighted by atomic mass is 9.96. The van der Waals surface area contributed by atoms with Gasteiger partial charge in [-0.2, -0.15) is 0 Å². The third-order valence-electron chi connectivity index (χ3n) is 8.17. The molecule has 1 atom stereocenters. The molecule has 36 heavy (non-hydrogen) atoms. The maximum absolute atomic E-state index is 13.0. The first-order valence-electron chi connectivity index (χ1n) is 14.5. The summed E-state index contributed by atoms with van der Waals surface area (Å²) < 4.78 is 2.16. The van der Waals surface area contributed by atoms with E-state index in [9.17, 15) is 9.90 Å². The van der Waals surface area contributed by atoms with Gasteiger partial charge in [0.15, 0.2) is 0 Å². The molecule has 5 heteroatoms. The van der Waals surface area contributed by atoms with Crippen LogP contribution in [0.4, 0.5) is 0 Å². The van der Waals surface area contributed by atoms with E-state index in [1.807, 2.05) is 12.1 Å². The molecule has 0 saturated carbocycles. The fourth-order valence-electron chi connectivity index (χ4n) is 5.89. The molecule has 0 bridgehead atoms. The molecule has 0 radical (unpaired) electrons. The molecule has 2 aliphatic heterocycles. The largest absolute Gasteiger partial charge is 0.350 e. The molecule has 1 unspecified atom stereocenters. The summed E-state index contributed by atoms with van der Waals surface area (Å²) in [5.41, 5.74) is 1.89. The molecule has 0 amide bonds. The van der Waals surface area contributed by atoms with Crippen LogP contribution in [0.15, 0.2) is 35.4 Å². The van der Waals surface area contributed by atoms with Gasteiger partial charge in [-0.1, -0.05) is 101 Å². The minimum atomic E-state index is -0.921. The van der Waals surface area contributed by atoms with Crippen LogP contribution in [-0.4, -0.2) is 51.6 Å². The number of rotatable bonds is 16. The Morgan fingerprint density at radius 1 is 1.00 bits per heavy atom. The number of unbranched alkanes of at least 4 members (excludes halogenated alkanes) is 11. The summed E-state index contributed by atoms with van der Waals surface area (Å²) in [6.45, 7) is 8.41. The van der Waals surface area contributed by atoms with Crippen molar-refractivity contribution in [2.75, 3.05) is 19.6 Å². The van der Waals surface area contributed by atoms with E-state index >= 15 is 0 Å². The van der Waals surface area contributed by atoms with Crippen molar-refractivity contribution in [1.82, 2.24) is 4.90 Å². The van der Waals surface area contributed by atoms with E-state index in [-0.39, 0.29) is 5.78 Å². The van der Waals surface area contributed by atoms with Gasteiger partial charge in [0.25, 0.3) is 5.84 Å². The highest BCUT2D eigenvalue weighted by molar-refractivity contribution is 6.31. The number of carbonyl (C=O) groups is 1. The minimum Gasteiger partial charge on any atom is -0.350 e. The first kappa shape index (κ1) is 28.9. The molecular weight excluding hydrogens is 468 g/mol. The van der Waals surface area contributed by atoms with Crippen molar-refractivity contribution in [2.45, 2.75) is 116 Å². The highest BCUT2D eigenvalue weighted by Gasteiger charge is 2.53. The van der Waals surface area contributed by atoms with E-state index < -0.39 is 5.72 Å². The maximum Gasteiger partial charge on any atom is 0.278 e. The van der Waals surface area contributed by atoms with Gasteiger partial charge < -0.3 is 5.11 Å². The van der Waals surface area contributed by atoms with Crippen LogP contribution in [-0.2, 0) is 0 Å². The summed E-state index contributed by atoms with van der Waals surface area (Å²) in [6, 6.07) is 7.18. The number of amidine groups is 1. The second kappa shape index (κ2) is 14.3. The van der Waals surface area contributed by atoms with Gasteiger partial charge in [0, 0.05) is 34.6 Å². The highest BCUT2D eigenvalue weighted by Crippen LogP contribution is 2.39. The molecule has 4 nitrogen and oxygen atoms in total. The predicted octanol–water partition coefficient (Wildman–Crippen LogP) is 7.77. The van der Waals surface area contributed by atoms with Crippen LogP contribution in [0.25, 0.3) is 0 Å². The average molecular weight is 516 g/mol. The molecular formula is C31H48ClN2O2+. The number of nitrogens with zero attached hydrogens (tertiary/aromatic N) is 2. The van der Waals surface area contributed by atoms with Crippen LogP contribution in [0.2, 0.25) is 5.02 Å². The average Bonchev–Trinajstić information content (AvgIpc) is 3.06. The van der Waals surface area contributed by atoms with Gasteiger partial charge >= 0.3 is 0 Å². The lowest BCUT2D eigenvalue weighted by Crippen LogP contribution is -2.54. The van der Waals surface area contributed by atoms with Crippen molar-refractivity contribution in [1.29, 1.82) is 0 Å². The Bertz CT molecular complexity index is 938. The fraction of sp³-hybridized carbons (Fsp3) is 0.677. The van der Waals surface area contributed by atoms with E-state index in [0.29, 0.717) is 17.1 Å². The zero-order valence-corrected chi connectivity index (χ0v) is 23.7. The standard InChI is InChI=1S/C31H48ClN2O2/c1-4-5-6-7-8-9-10-11-12-13-14-15-20-31(36)26(3)25(2)30-33(21-17-22-34(30)31)24-29(35)27-18-16-19-28(32)23-27/h16,18-19,23,36H,4-15,17,20-22,24H2,1-3H3/q+1. The quantitative estimate of drug-likeness (QED) is 0.139. The Morgan fingerprint density at radius 3 is 2.22 bits per heavy atom. The zero-order valence-electron chi connectivity index (χ0n) is 23.0. The molecule has 2 heterocycles. The van der Waals surface area contributed by atoms with Gasteiger partial charge in [-0.05, 0) is 32.4 Å². The number of ketones is 1. The highest BCUT2D eigenvalue weighted by atomic mass is 35.5. The lowest BCUT2D eigenvalue weighted by Gasteiger charge is -2.34. The number of hydrogen-bond acceptors (Lipinski definition) is 3. The Hall–Kier alpha value is -1.65. The van der Waals surface area contributed by atoms with Crippen molar-refractivity contribution in [3.8, 4) is 0 Å². The number of fused-ring (bicyclic) bond motifs is 1. The maximum atomic E-state index is 13.0. The second-order valence-electron chi connectivity index (χ2n) is 10.9. The summed E-state index contributed by atoms with van der Waals surface area (Å²) in [4.78, 5) is 15.2. The Morgan fingerprint density at radius 2 is 1.61 bits per heavy atom. The Balaban J connectivity index is 1.49. The molecule has 3 rings (SSSR count). The monoisotopic (exact) mass is 515 g/mol. The van der Waals surface area contributed by atoms with Gasteiger partial charge in [0.05, 0.1) is 13.1 Å². The number of halogens is 1. The summed E-state index contributed by atoms with van der Waals surface area (Å²) in [6.07, 6.45) is 17.5. The van der Waals surface area contributed by atoms with Crippen LogP contribution < -0.4 is 0 Å². The molecule has 200 valence electrons. The summed E-state index contributed by atoms with van der Waals surface area (Å²) in [5, 5.41) is 12.4. The minimum absolute atomic E-state index is 0.0636. The summed E-state index contributed by atoms with van der Waals surface area (Å²) >= 11 is 6.10. The molecule has 2 aliphatic rings. The van der Waals surface area contributed by atoms with Crippen molar-refractivity contribution in [3.63, 3.8) is 0 Å². The number of hydrogen-bond donors (Lipinski definition) is 1. The molecule has 0 saturated heterocycles. The molecule has 0 fully saturated rings. The molecule has 0 aliphatic carbocycles. The van der Waals surface area contributed by atoms with E-state index in [1.165, 1.54) is 70.6 Å². The van der Waals surface area contributed by atoms with Gasteiger partial charge in [0.2, 0.25) is 11.5 Å². The van der Waals surface area contributed by atoms with Crippen molar-refractivity contribution in [3.05, 3.63) is 46.0 Å². The predicted molar refractivity (Wildman–Crippen MR) is 151 cm³/mol. The second-order valence-corrected chi connectivity index (χ2v) is 11.3. The van der Waals surface area contributed by atoms with Gasteiger partial charge in [-0.3, -0.25) is 9.37 Å². The van der Waals surface area contributed by atoms with Gasteiger partial charge in [0.1, 0.15) is 6.54 Å². The third kappa shape index (κ3) is 7.44. The first-order chi connectivity index (χ1) is 17.4. The van der Waals surface area contributed by atoms with E-state index in [0.717, 1.165) is 49.3 Å². The van der Waals surface area contributed by atoms with Crippen molar-refractivity contribution >= 4 is 23.2 Å². The van der Waals surface area contributed by atoms with E-state index in [2.05, 4.69) is 30.2 Å². The number of aliphatic hydroxyl groups is 1. The molecule has 0 aromatic heterocycles. The topological polar surface area (TPSA) is 43.6 Å². The van der Waals surface area contributed by atoms with Crippen LogP contribution in [0.5, 0.6) is 0 Å². The van der Waals surface area contributed by atoms with Gasteiger partial charge in [-0.15, -0.1) is 0 Å². The number of carbonyl (C=O) groups excluding carboxylic acids is 1. The molecule has 1 aromatic carbocycles. The molecule has 0 spiro atoms. The normalized spacial score (nSPS) is 19.9. The zero-order chi connectivity index (χ0) is 26.0. The Labute approximate surface area is 224 Å². The molecule has 1 aromatic rings. The van der Waals surface area contributed by atoms with Crippen LogP contribution in [0, 0.1) is 0 Å². The Kier molecular flexibility index (Phi) is 11.5. The molecule has 1 N–H and O–H groups in total.